The van der Waals surface area contributed by atoms with E-state index in [1.54, 1.807) is 0 Å². The van der Waals surface area contributed by atoms with Crippen molar-refractivity contribution >= 4 is 48.6 Å². The van der Waals surface area contributed by atoms with Crippen molar-refractivity contribution in [1.29, 1.82) is 0 Å². The van der Waals surface area contributed by atoms with Gasteiger partial charge in [-0.1, -0.05) is 176 Å². The first kappa shape index (κ1) is 39.8. The molecule has 0 N–H and O–H groups in total. The van der Waals surface area contributed by atoms with Crippen LogP contribution >= 0.6 is 11.3 Å². The Morgan fingerprint density at radius 2 is 0.694 bits per heavy atom. The summed E-state index contributed by atoms with van der Waals surface area (Å²) in [6.07, 6.45) is 0. The van der Waals surface area contributed by atoms with Crippen molar-refractivity contribution in [3.05, 3.63) is 293 Å². The molecule has 0 saturated heterocycles. The molecule has 72 heavy (non-hydrogen) atoms. The zero-order valence-corrected chi connectivity index (χ0v) is 39.7. The summed E-state index contributed by atoms with van der Waals surface area (Å²) in [6, 6.07) is 91.4. The van der Waals surface area contributed by atoms with Gasteiger partial charge in [-0.15, -0.1) is 11.3 Å². The van der Waals surface area contributed by atoms with E-state index in [0.29, 0.717) is 0 Å². The molecule has 336 valence electrons. The molecule has 0 unspecified atom stereocenters. The van der Waals surface area contributed by atoms with Gasteiger partial charge >= 0.3 is 0 Å². The van der Waals surface area contributed by atoms with Crippen molar-refractivity contribution in [2.45, 2.75) is 10.8 Å². The van der Waals surface area contributed by atoms with Gasteiger partial charge in [0.15, 0.2) is 0 Å². The van der Waals surface area contributed by atoms with Crippen LogP contribution in [0.5, 0.6) is 23.0 Å². The Morgan fingerprint density at radius 3 is 1.21 bits per heavy atom. The Bertz CT molecular complexity index is 3980. The average molecular weight is 936 g/mol. The minimum absolute atomic E-state index is 0.633. The van der Waals surface area contributed by atoms with Crippen LogP contribution in [-0.2, 0) is 10.8 Å². The molecule has 0 amide bonds. The standard InChI is InChI=1S/C68H41NO2S/c1-2-17-42(18-3-1)46-23-16-32-65-66(46)51-39-43(35-38-64(51)72-65)69(44-33-36-62-58(40-44)67(56-28-12-14-30-60(56)70-62)52-24-8-4-19-47(52)48-20-5-9-25-53(48)67)45-34-37-63-59(41-45)68(57-29-13-15-31-61(57)71-63)54-26-10-6-21-49(54)50-22-7-11-27-55(50)68/h1-41H. The van der Waals surface area contributed by atoms with Crippen LogP contribution < -0.4 is 14.4 Å². The van der Waals surface area contributed by atoms with Crippen LogP contribution in [0.4, 0.5) is 17.1 Å². The first-order valence-electron chi connectivity index (χ1n) is 24.7. The fraction of sp³-hybridized carbons (Fsp3) is 0.0294. The molecular weight excluding hydrogens is 895 g/mol. The van der Waals surface area contributed by atoms with Gasteiger partial charge in [0, 0.05) is 59.5 Å². The molecule has 0 atom stereocenters. The van der Waals surface area contributed by atoms with E-state index in [1.165, 1.54) is 75.8 Å². The maximum Gasteiger partial charge on any atom is 0.132 e. The van der Waals surface area contributed by atoms with Crippen molar-refractivity contribution in [3.63, 3.8) is 0 Å². The lowest BCUT2D eigenvalue weighted by molar-refractivity contribution is 0.436. The fourth-order valence-electron chi connectivity index (χ4n) is 13.2. The number of para-hydroxylation sites is 2. The van der Waals surface area contributed by atoms with E-state index in [4.69, 9.17) is 9.47 Å². The maximum absolute atomic E-state index is 6.99. The summed E-state index contributed by atoms with van der Waals surface area (Å²) in [4.78, 5) is 2.47. The minimum Gasteiger partial charge on any atom is -0.457 e. The fourth-order valence-corrected chi connectivity index (χ4v) is 14.3. The number of benzene rings is 11. The third-order valence-electron chi connectivity index (χ3n) is 16.0. The van der Waals surface area contributed by atoms with Crippen LogP contribution in [0.15, 0.2) is 249 Å². The third kappa shape index (κ3) is 5.18. The van der Waals surface area contributed by atoms with Crippen LogP contribution in [0.2, 0.25) is 0 Å². The predicted molar refractivity (Wildman–Crippen MR) is 294 cm³/mol. The van der Waals surface area contributed by atoms with Gasteiger partial charge in [0.25, 0.3) is 0 Å². The van der Waals surface area contributed by atoms with E-state index in [9.17, 15) is 0 Å². The number of thiophene rings is 1. The molecule has 0 fully saturated rings. The van der Waals surface area contributed by atoms with Crippen LogP contribution in [0.1, 0.15) is 44.5 Å². The van der Waals surface area contributed by atoms with Crippen LogP contribution in [-0.4, -0.2) is 0 Å². The first-order chi connectivity index (χ1) is 35.7. The Morgan fingerprint density at radius 1 is 0.292 bits per heavy atom. The number of fused-ring (bicyclic) bond motifs is 21. The molecule has 4 aliphatic rings. The van der Waals surface area contributed by atoms with Crippen LogP contribution in [0.3, 0.4) is 0 Å². The third-order valence-corrected chi connectivity index (χ3v) is 17.1. The minimum atomic E-state index is -0.633. The van der Waals surface area contributed by atoms with E-state index in [-0.39, 0.29) is 0 Å². The topological polar surface area (TPSA) is 21.7 Å². The second-order valence-electron chi connectivity index (χ2n) is 19.4. The largest absolute Gasteiger partial charge is 0.457 e. The summed E-state index contributed by atoms with van der Waals surface area (Å²) in [6.45, 7) is 0. The Balaban J connectivity index is 0.989. The van der Waals surface area contributed by atoms with Gasteiger partial charge in [-0.3, -0.25) is 0 Å². The Kier molecular flexibility index (Phi) is 8.18. The number of hydrogen-bond acceptors (Lipinski definition) is 4. The summed E-state index contributed by atoms with van der Waals surface area (Å²) >= 11 is 1.85. The first-order valence-corrected chi connectivity index (χ1v) is 25.5. The highest BCUT2D eigenvalue weighted by molar-refractivity contribution is 7.26. The van der Waals surface area contributed by atoms with Gasteiger partial charge in [0.2, 0.25) is 0 Å². The van der Waals surface area contributed by atoms with Gasteiger partial charge in [-0.2, -0.15) is 0 Å². The molecule has 0 radical (unpaired) electrons. The SMILES string of the molecule is c1ccc(-c2cccc3sc4ccc(N(c5ccc6c(c5)C5(c7ccccc7O6)c6ccccc6-c6ccccc65)c5ccc6c(c5)C5(c7ccccc7O6)c6ccccc6-c6ccccc65)cc4c23)cc1. The molecule has 2 aliphatic heterocycles. The van der Waals surface area contributed by atoms with E-state index in [0.717, 1.165) is 62.3 Å². The number of hydrogen-bond donors (Lipinski definition) is 0. The Hall–Kier alpha value is -8.96. The van der Waals surface area contributed by atoms with Crippen LogP contribution in [0.25, 0.3) is 53.6 Å². The highest BCUT2D eigenvalue weighted by atomic mass is 32.1. The van der Waals surface area contributed by atoms with Crippen molar-refractivity contribution in [2.24, 2.45) is 0 Å². The van der Waals surface area contributed by atoms with Gasteiger partial charge in [-0.25, -0.2) is 0 Å². The average Bonchev–Trinajstić information content (AvgIpc) is 4.07. The molecule has 4 heteroatoms. The molecule has 16 rings (SSSR count). The van der Waals surface area contributed by atoms with Crippen molar-refractivity contribution < 1.29 is 9.47 Å². The predicted octanol–water partition coefficient (Wildman–Crippen LogP) is 18.1. The molecule has 3 heterocycles. The van der Waals surface area contributed by atoms with Crippen LogP contribution in [0, 0.1) is 0 Å². The quantitative estimate of drug-likeness (QED) is 0.176. The van der Waals surface area contributed by atoms with Crippen molar-refractivity contribution in [1.82, 2.24) is 0 Å². The number of nitrogens with zero attached hydrogens (tertiary/aromatic N) is 1. The molecule has 11 aromatic carbocycles. The second kappa shape index (κ2) is 14.8. The number of anilines is 3. The number of rotatable bonds is 4. The van der Waals surface area contributed by atoms with Gasteiger partial charge in [-0.05, 0) is 128 Å². The monoisotopic (exact) mass is 935 g/mol. The summed E-state index contributed by atoms with van der Waals surface area (Å²) in [5.74, 6) is 3.46. The summed E-state index contributed by atoms with van der Waals surface area (Å²) in [5.41, 5.74) is 18.8. The highest BCUT2D eigenvalue weighted by Gasteiger charge is 2.53. The zero-order valence-electron chi connectivity index (χ0n) is 38.8. The summed E-state index contributed by atoms with van der Waals surface area (Å²) in [5, 5.41) is 2.50. The molecule has 0 saturated carbocycles. The molecule has 2 spiro atoms. The lowest BCUT2D eigenvalue weighted by Gasteiger charge is -2.41. The van der Waals surface area contributed by atoms with Gasteiger partial charge in [0.05, 0.1) is 10.8 Å². The molecular formula is C68H41NO2S. The summed E-state index contributed by atoms with van der Waals surface area (Å²) in [7, 11) is 0. The lowest BCUT2D eigenvalue weighted by atomic mass is 9.66. The molecule has 3 nitrogen and oxygen atoms in total. The van der Waals surface area contributed by atoms with Crippen molar-refractivity contribution in [3.8, 4) is 56.4 Å². The smallest absolute Gasteiger partial charge is 0.132 e. The van der Waals surface area contributed by atoms with Crippen molar-refractivity contribution in [2.75, 3.05) is 4.90 Å². The summed E-state index contributed by atoms with van der Waals surface area (Å²) < 4.78 is 16.5. The van der Waals surface area contributed by atoms with Gasteiger partial charge in [0.1, 0.15) is 23.0 Å². The Labute approximate surface area is 421 Å². The number of ether oxygens (including phenoxy) is 2. The lowest BCUT2D eigenvalue weighted by Crippen LogP contribution is -2.32. The van der Waals surface area contributed by atoms with E-state index < -0.39 is 10.8 Å². The van der Waals surface area contributed by atoms with E-state index in [1.807, 2.05) is 11.3 Å². The zero-order chi connectivity index (χ0) is 47.1. The molecule has 12 aromatic rings. The second-order valence-corrected chi connectivity index (χ2v) is 20.5. The van der Waals surface area contributed by atoms with E-state index >= 15 is 0 Å². The highest BCUT2D eigenvalue weighted by Crippen LogP contribution is 2.65. The molecule has 0 bridgehead atoms. The normalized spacial score (nSPS) is 14.3. The molecule has 2 aliphatic carbocycles. The van der Waals surface area contributed by atoms with E-state index in [2.05, 4.69) is 254 Å². The van der Waals surface area contributed by atoms with Gasteiger partial charge < -0.3 is 14.4 Å². The molecule has 1 aromatic heterocycles. The maximum atomic E-state index is 6.99.